The second kappa shape index (κ2) is 7.96. The third kappa shape index (κ3) is 4.14. The third-order valence-corrected chi connectivity index (χ3v) is 3.38. The maximum absolute atomic E-state index is 5.34. The fourth-order valence-electron chi connectivity index (χ4n) is 2.14. The molecule has 0 bridgehead atoms. The number of nitrogens with zero attached hydrogens (tertiary/aromatic N) is 3. The number of rotatable bonds is 7. The van der Waals surface area contributed by atoms with E-state index in [1.165, 1.54) is 0 Å². The molecule has 0 aliphatic heterocycles. The van der Waals surface area contributed by atoms with Gasteiger partial charge in [0.15, 0.2) is 6.61 Å². The molecule has 0 amide bonds. The van der Waals surface area contributed by atoms with Gasteiger partial charge in [-0.3, -0.25) is 0 Å². The third-order valence-electron chi connectivity index (χ3n) is 3.38. The van der Waals surface area contributed by atoms with Gasteiger partial charge in [0.1, 0.15) is 11.5 Å². The van der Waals surface area contributed by atoms with Gasteiger partial charge >= 0.3 is 0 Å². The Morgan fingerprint density at radius 2 is 1.92 bits per heavy atom. The molecular weight excluding hydrogens is 322 g/mol. The summed E-state index contributed by atoms with van der Waals surface area (Å²) < 4.78 is 15.7. The van der Waals surface area contributed by atoms with Crippen LogP contribution in [0.3, 0.4) is 0 Å². The summed E-state index contributed by atoms with van der Waals surface area (Å²) in [5.74, 6) is 2.00. The first-order valence-electron chi connectivity index (χ1n) is 7.55. The van der Waals surface area contributed by atoms with Crippen molar-refractivity contribution in [1.29, 1.82) is 0 Å². The lowest BCUT2D eigenvalue weighted by atomic mass is 10.2. The van der Waals surface area contributed by atoms with Crippen LogP contribution in [0.4, 0.5) is 0 Å². The lowest BCUT2D eigenvalue weighted by molar-refractivity contribution is 0.107. The van der Waals surface area contributed by atoms with Crippen LogP contribution in [0.5, 0.6) is 11.5 Å². The fraction of sp³-hybridized carbons (Fsp3) is 0.167. The molecule has 1 aromatic heterocycles. The molecule has 1 heterocycles. The summed E-state index contributed by atoms with van der Waals surface area (Å²) in [5.41, 5.74) is 1.64. The van der Waals surface area contributed by atoms with Crippen molar-refractivity contribution in [3.05, 3.63) is 60.0 Å². The van der Waals surface area contributed by atoms with E-state index in [0.717, 1.165) is 5.56 Å². The van der Waals surface area contributed by atoms with Gasteiger partial charge in [0.05, 0.1) is 26.0 Å². The molecule has 0 aliphatic rings. The molecule has 0 aliphatic carbocycles. The van der Waals surface area contributed by atoms with E-state index in [2.05, 4.69) is 15.3 Å². The maximum Gasteiger partial charge on any atom is 0.267 e. The zero-order valence-electron chi connectivity index (χ0n) is 13.9. The standard InChI is InChI=1S/C18H17N3O4/c1-22-14-8-9-15(16(10-14)23-2)18-20-17(25-21-18)12-24-19-11-13-6-4-3-5-7-13/h3-11H,12H2,1-2H3/b19-11-. The minimum Gasteiger partial charge on any atom is -0.497 e. The highest BCUT2D eigenvalue weighted by atomic mass is 16.6. The van der Waals surface area contributed by atoms with E-state index in [-0.39, 0.29) is 6.61 Å². The SMILES string of the molecule is COc1ccc(-c2noc(CO/N=C\c3ccccc3)n2)c(OC)c1. The van der Waals surface area contributed by atoms with Crippen LogP contribution in [0.15, 0.2) is 58.2 Å². The molecule has 0 atom stereocenters. The van der Waals surface area contributed by atoms with Gasteiger partial charge in [-0.1, -0.05) is 40.6 Å². The summed E-state index contributed by atoms with van der Waals surface area (Å²) in [5, 5.41) is 7.83. The predicted molar refractivity (Wildman–Crippen MR) is 91.7 cm³/mol. The van der Waals surface area contributed by atoms with Gasteiger partial charge in [0.2, 0.25) is 5.82 Å². The summed E-state index contributed by atoms with van der Waals surface area (Å²) in [6.07, 6.45) is 1.61. The van der Waals surface area contributed by atoms with Gasteiger partial charge < -0.3 is 18.8 Å². The largest absolute Gasteiger partial charge is 0.497 e. The van der Waals surface area contributed by atoms with Gasteiger partial charge in [-0.25, -0.2) is 0 Å². The van der Waals surface area contributed by atoms with Crippen molar-refractivity contribution in [3.63, 3.8) is 0 Å². The van der Waals surface area contributed by atoms with Crippen LogP contribution < -0.4 is 9.47 Å². The Balaban J connectivity index is 1.65. The number of benzene rings is 2. The molecule has 0 radical (unpaired) electrons. The second-order valence-electron chi connectivity index (χ2n) is 5.00. The molecule has 0 spiro atoms. The molecule has 0 N–H and O–H groups in total. The summed E-state index contributed by atoms with van der Waals surface area (Å²) in [7, 11) is 3.16. The van der Waals surface area contributed by atoms with Crippen LogP contribution in [0.25, 0.3) is 11.4 Å². The summed E-state index contributed by atoms with van der Waals surface area (Å²) >= 11 is 0. The quantitative estimate of drug-likeness (QED) is 0.485. The molecule has 0 saturated heterocycles. The van der Waals surface area contributed by atoms with E-state index >= 15 is 0 Å². The highest BCUT2D eigenvalue weighted by Gasteiger charge is 2.14. The fourth-order valence-corrected chi connectivity index (χ4v) is 2.14. The molecule has 7 nitrogen and oxygen atoms in total. The topological polar surface area (TPSA) is 79.0 Å². The average Bonchev–Trinajstić information content (AvgIpc) is 3.14. The van der Waals surface area contributed by atoms with E-state index in [4.69, 9.17) is 18.8 Å². The van der Waals surface area contributed by atoms with E-state index in [1.54, 1.807) is 38.6 Å². The van der Waals surface area contributed by atoms with Crippen molar-refractivity contribution in [2.24, 2.45) is 5.16 Å². The van der Waals surface area contributed by atoms with Crippen LogP contribution in [-0.2, 0) is 11.4 Å². The first-order valence-corrected chi connectivity index (χ1v) is 7.55. The lowest BCUT2D eigenvalue weighted by Gasteiger charge is -2.07. The van der Waals surface area contributed by atoms with Crippen LogP contribution in [0, 0.1) is 0 Å². The summed E-state index contributed by atoms with van der Waals surface area (Å²) in [6.45, 7) is 0.0782. The molecule has 25 heavy (non-hydrogen) atoms. The Morgan fingerprint density at radius 1 is 1.08 bits per heavy atom. The van der Waals surface area contributed by atoms with E-state index < -0.39 is 0 Å². The highest BCUT2D eigenvalue weighted by Crippen LogP contribution is 2.31. The van der Waals surface area contributed by atoms with Crippen LogP contribution in [0.1, 0.15) is 11.5 Å². The molecule has 128 valence electrons. The molecule has 0 fully saturated rings. The number of hydrogen-bond acceptors (Lipinski definition) is 7. The molecule has 0 saturated carbocycles. The van der Waals surface area contributed by atoms with E-state index in [9.17, 15) is 0 Å². The lowest BCUT2D eigenvalue weighted by Crippen LogP contribution is -1.92. The predicted octanol–water partition coefficient (Wildman–Crippen LogP) is 3.30. The van der Waals surface area contributed by atoms with E-state index in [1.807, 2.05) is 30.3 Å². The van der Waals surface area contributed by atoms with Crippen molar-refractivity contribution in [1.82, 2.24) is 10.1 Å². The van der Waals surface area contributed by atoms with Gasteiger partial charge in [-0.2, -0.15) is 4.98 Å². The van der Waals surface area contributed by atoms with Gasteiger partial charge in [0, 0.05) is 6.07 Å². The number of methoxy groups -OCH3 is 2. The highest BCUT2D eigenvalue weighted by molar-refractivity contribution is 5.78. The van der Waals surface area contributed by atoms with Crippen molar-refractivity contribution in [2.75, 3.05) is 14.2 Å². The Morgan fingerprint density at radius 3 is 2.68 bits per heavy atom. The van der Waals surface area contributed by atoms with E-state index in [0.29, 0.717) is 28.8 Å². The number of oxime groups is 1. The second-order valence-corrected chi connectivity index (χ2v) is 5.00. The van der Waals surface area contributed by atoms with Gasteiger partial charge in [0.25, 0.3) is 5.89 Å². The molecular formula is C18H17N3O4. The van der Waals surface area contributed by atoms with Crippen LogP contribution in [-0.4, -0.2) is 30.6 Å². The molecule has 0 unspecified atom stereocenters. The Bertz CT molecular complexity index is 847. The van der Waals surface area contributed by atoms with Crippen molar-refractivity contribution in [3.8, 4) is 22.9 Å². The Labute approximate surface area is 144 Å². The average molecular weight is 339 g/mol. The molecule has 7 heteroatoms. The van der Waals surface area contributed by atoms with Gasteiger partial charge in [-0.05, 0) is 17.7 Å². The Kier molecular flexibility index (Phi) is 5.26. The zero-order valence-corrected chi connectivity index (χ0v) is 13.9. The van der Waals surface area contributed by atoms with Crippen molar-refractivity contribution in [2.45, 2.75) is 6.61 Å². The first-order chi connectivity index (χ1) is 12.3. The van der Waals surface area contributed by atoms with Crippen LogP contribution in [0.2, 0.25) is 0 Å². The Hall–Kier alpha value is -3.35. The molecule has 3 rings (SSSR count). The number of ether oxygens (including phenoxy) is 2. The number of aromatic nitrogens is 2. The van der Waals surface area contributed by atoms with Crippen molar-refractivity contribution < 1.29 is 18.8 Å². The normalized spacial score (nSPS) is 10.8. The smallest absolute Gasteiger partial charge is 0.267 e. The van der Waals surface area contributed by atoms with Crippen molar-refractivity contribution >= 4 is 6.21 Å². The molecule has 2 aromatic carbocycles. The number of hydrogen-bond donors (Lipinski definition) is 0. The zero-order chi connectivity index (χ0) is 17.5. The summed E-state index contributed by atoms with van der Waals surface area (Å²) in [6, 6.07) is 15.0. The van der Waals surface area contributed by atoms with Gasteiger partial charge in [-0.15, -0.1) is 0 Å². The minimum absolute atomic E-state index is 0.0782. The first kappa shape index (κ1) is 16.5. The monoisotopic (exact) mass is 339 g/mol. The summed E-state index contributed by atoms with van der Waals surface area (Å²) in [4.78, 5) is 9.48. The van der Waals surface area contributed by atoms with Crippen LogP contribution >= 0.6 is 0 Å². The minimum atomic E-state index is 0.0782. The maximum atomic E-state index is 5.34. The molecule has 3 aromatic rings.